The smallest absolute Gasteiger partial charge is 0.351 e. The van der Waals surface area contributed by atoms with Crippen LogP contribution >= 0.6 is 11.8 Å². The van der Waals surface area contributed by atoms with Crippen LogP contribution in [-0.4, -0.2) is 21.5 Å². The molecule has 0 aliphatic carbocycles. The summed E-state index contributed by atoms with van der Waals surface area (Å²) >= 11 is 1.54. The molecule has 3 nitrogen and oxygen atoms in total. The monoisotopic (exact) mass is 227 g/mol. The average Bonchev–Trinajstić information content (AvgIpc) is 2.15. The van der Waals surface area contributed by atoms with Gasteiger partial charge in [0.15, 0.2) is 0 Å². The fourth-order valence-corrected chi connectivity index (χ4v) is 2.20. The van der Waals surface area contributed by atoms with E-state index in [0.29, 0.717) is 0 Å². The fraction of sp³-hybridized carbons (Fsp3) is 0.636. The van der Waals surface area contributed by atoms with Crippen LogP contribution in [0.1, 0.15) is 40.0 Å². The molecule has 0 aromatic carbocycles. The van der Waals surface area contributed by atoms with E-state index < -0.39 is 10.7 Å². The Morgan fingerprint density at radius 3 is 2.80 bits per heavy atom. The van der Waals surface area contributed by atoms with Crippen LogP contribution in [0.4, 0.5) is 0 Å². The van der Waals surface area contributed by atoms with Crippen LogP contribution in [0.5, 0.6) is 0 Å². The van der Waals surface area contributed by atoms with Crippen molar-refractivity contribution in [1.29, 1.82) is 0 Å². The Kier molecular flexibility index (Phi) is 3.97. The number of carbonyl (C=O) groups is 1. The van der Waals surface area contributed by atoms with Crippen LogP contribution in [0.2, 0.25) is 0 Å². The Bertz CT molecular complexity index is 319. The van der Waals surface area contributed by atoms with Gasteiger partial charge in [0.1, 0.15) is 5.71 Å². The lowest BCUT2D eigenvalue weighted by molar-refractivity contribution is -0.129. The normalized spacial score (nSPS) is 19.4. The van der Waals surface area contributed by atoms with Crippen molar-refractivity contribution in [3.8, 4) is 0 Å². The zero-order valence-corrected chi connectivity index (χ0v) is 10.2. The average molecular weight is 227 g/mol. The van der Waals surface area contributed by atoms with Crippen molar-refractivity contribution in [3.63, 3.8) is 0 Å². The second kappa shape index (κ2) is 4.84. The first-order chi connectivity index (χ1) is 6.97. The van der Waals surface area contributed by atoms with Crippen LogP contribution in [0, 0.1) is 0 Å². The SMILES string of the molecule is CCCCC1=CSC(C)(C)C(C(=O)O)=N1. The molecule has 1 aliphatic heterocycles. The lowest BCUT2D eigenvalue weighted by atomic mass is 10.1. The van der Waals surface area contributed by atoms with E-state index in [-0.39, 0.29) is 5.71 Å². The summed E-state index contributed by atoms with van der Waals surface area (Å²) < 4.78 is -0.415. The number of carboxylic acid groups (broad SMARTS) is 1. The van der Waals surface area contributed by atoms with Crippen molar-refractivity contribution in [2.45, 2.75) is 44.8 Å². The maximum absolute atomic E-state index is 11.0. The topological polar surface area (TPSA) is 49.7 Å². The van der Waals surface area contributed by atoms with Crippen molar-refractivity contribution in [2.75, 3.05) is 0 Å². The van der Waals surface area contributed by atoms with E-state index in [9.17, 15) is 4.79 Å². The molecule has 0 saturated carbocycles. The minimum atomic E-state index is -0.908. The molecule has 1 aliphatic rings. The van der Waals surface area contributed by atoms with Gasteiger partial charge in [0.25, 0.3) is 0 Å². The summed E-state index contributed by atoms with van der Waals surface area (Å²) in [5.74, 6) is -0.908. The second-order valence-corrected chi connectivity index (χ2v) is 5.60. The zero-order valence-electron chi connectivity index (χ0n) is 9.41. The van der Waals surface area contributed by atoms with Crippen LogP contribution in [0.3, 0.4) is 0 Å². The maximum Gasteiger partial charge on any atom is 0.351 e. The summed E-state index contributed by atoms with van der Waals surface area (Å²) in [6, 6.07) is 0. The third-order valence-corrected chi connectivity index (χ3v) is 3.48. The predicted octanol–water partition coefficient (Wildman–Crippen LogP) is 3.07. The Balaban J connectivity index is 2.82. The molecule has 0 aromatic rings. The molecule has 1 N–H and O–H groups in total. The fourth-order valence-electron chi connectivity index (χ4n) is 1.35. The molecule has 0 amide bonds. The predicted molar refractivity (Wildman–Crippen MR) is 64.3 cm³/mol. The summed E-state index contributed by atoms with van der Waals surface area (Å²) in [4.78, 5) is 15.2. The highest BCUT2D eigenvalue weighted by atomic mass is 32.2. The summed E-state index contributed by atoms with van der Waals surface area (Å²) in [5.41, 5.74) is 1.17. The minimum Gasteiger partial charge on any atom is -0.477 e. The van der Waals surface area contributed by atoms with E-state index in [1.54, 1.807) is 11.8 Å². The first kappa shape index (κ1) is 12.3. The number of hydrogen-bond acceptors (Lipinski definition) is 3. The molecule has 1 heterocycles. The Labute approximate surface area is 94.7 Å². The molecule has 0 aromatic heterocycles. The highest BCUT2D eigenvalue weighted by Gasteiger charge is 2.33. The van der Waals surface area contributed by atoms with Gasteiger partial charge in [0.2, 0.25) is 0 Å². The number of aliphatic imine (C=N–C) groups is 1. The minimum absolute atomic E-state index is 0.265. The van der Waals surface area contributed by atoms with Crippen molar-refractivity contribution >= 4 is 23.4 Å². The summed E-state index contributed by atoms with van der Waals surface area (Å²) in [5, 5.41) is 11.0. The zero-order chi connectivity index (χ0) is 11.5. The van der Waals surface area contributed by atoms with Gasteiger partial charge in [0.05, 0.1) is 4.75 Å². The first-order valence-corrected chi connectivity index (χ1v) is 6.04. The van der Waals surface area contributed by atoms with Crippen LogP contribution in [0.15, 0.2) is 16.1 Å². The third kappa shape index (κ3) is 3.09. The number of carboxylic acids is 1. The van der Waals surface area contributed by atoms with Crippen LogP contribution in [0.25, 0.3) is 0 Å². The molecular formula is C11H17NO2S. The van der Waals surface area contributed by atoms with Crippen molar-refractivity contribution in [3.05, 3.63) is 11.1 Å². The quantitative estimate of drug-likeness (QED) is 0.803. The highest BCUT2D eigenvalue weighted by molar-refractivity contribution is 8.04. The van der Waals surface area contributed by atoms with Crippen molar-refractivity contribution < 1.29 is 9.90 Å². The van der Waals surface area contributed by atoms with Gasteiger partial charge in [-0.05, 0) is 32.1 Å². The Hall–Kier alpha value is -0.770. The van der Waals surface area contributed by atoms with Gasteiger partial charge in [-0.3, -0.25) is 0 Å². The molecule has 4 heteroatoms. The number of allylic oxidation sites excluding steroid dienone is 1. The highest BCUT2D eigenvalue weighted by Crippen LogP contribution is 2.34. The van der Waals surface area contributed by atoms with Crippen molar-refractivity contribution in [1.82, 2.24) is 0 Å². The third-order valence-electron chi connectivity index (χ3n) is 2.30. The van der Waals surface area contributed by atoms with E-state index in [1.165, 1.54) is 0 Å². The molecule has 0 spiro atoms. The number of hydrogen-bond donors (Lipinski definition) is 1. The van der Waals surface area contributed by atoms with Gasteiger partial charge < -0.3 is 5.11 Å². The van der Waals surface area contributed by atoms with E-state index in [2.05, 4.69) is 11.9 Å². The molecule has 0 saturated heterocycles. The molecule has 15 heavy (non-hydrogen) atoms. The number of aliphatic carboxylic acids is 1. The Morgan fingerprint density at radius 1 is 1.60 bits per heavy atom. The van der Waals surface area contributed by atoms with E-state index in [1.807, 2.05) is 19.3 Å². The number of nitrogens with zero attached hydrogens (tertiary/aromatic N) is 1. The van der Waals surface area contributed by atoms with Crippen molar-refractivity contribution in [2.24, 2.45) is 4.99 Å². The maximum atomic E-state index is 11.0. The lowest BCUT2D eigenvalue weighted by Crippen LogP contribution is -2.35. The first-order valence-electron chi connectivity index (χ1n) is 5.16. The van der Waals surface area contributed by atoms with Crippen LogP contribution < -0.4 is 0 Å². The van der Waals surface area contributed by atoms with E-state index in [4.69, 9.17) is 5.11 Å². The summed E-state index contributed by atoms with van der Waals surface area (Å²) in [6.07, 6.45) is 3.03. The van der Waals surface area contributed by atoms with Gasteiger partial charge in [-0.15, -0.1) is 11.8 Å². The number of unbranched alkanes of at least 4 members (excludes halogenated alkanes) is 1. The molecule has 0 unspecified atom stereocenters. The van der Waals surface area contributed by atoms with Gasteiger partial charge in [-0.2, -0.15) is 0 Å². The summed E-state index contributed by atoms with van der Waals surface area (Å²) in [6.45, 7) is 5.89. The summed E-state index contributed by atoms with van der Waals surface area (Å²) in [7, 11) is 0. The lowest BCUT2D eigenvalue weighted by Gasteiger charge is -2.26. The molecule has 0 fully saturated rings. The molecule has 0 radical (unpaired) electrons. The van der Waals surface area contributed by atoms with Gasteiger partial charge in [-0.1, -0.05) is 13.3 Å². The number of thioether (sulfide) groups is 1. The van der Waals surface area contributed by atoms with Gasteiger partial charge in [0, 0.05) is 5.70 Å². The van der Waals surface area contributed by atoms with E-state index >= 15 is 0 Å². The Morgan fingerprint density at radius 2 is 2.27 bits per heavy atom. The van der Waals surface area contributed by atoms with Crippen LogP contribution in [-0.2, 0) is 4.79 Å². The van der Waals surface area contributed by atoms with E-state index in [0.717, 1.165) is 25.0 Å². The second-order valence-electron chi connectivity index (χ2n) is 4.11. The molecule has 0 atom stereocenters. The van der Waals surface area contributed by atoms with Gasteiger partial charge >= 0.3 is 5.97 Å². The molecular weight excluding hydrogens is 210 g/mol. The standard InChI is InChI=1S/C11H17NO2S/c1-4-5-6-8-7-15-11(2,3)9(12-8)10(13)14/h7H,4-6H2,1-3H3,(H,13,14). The largest absolute Gasteiger partial charge is 0.477 e. The molecule has 84 valence electrons. The number of rotatable bonds is 4. The van der Waals surface area contributed by atoms with Gasteiger partial charge in [-0.25, -0.2) is 9.79 Å². The molecule has 0 bridgehead atoms. The molecule has 1 rings (SSSR count).